The number of anilines is 1. The molecule has 2 aliphatic carbocycles. The lowest BCUT2D eigenvalue weighted by atomic mass is 9.56. The fraction of sp³-hybridized carbons (Fsp3) is 0.364. The Labute approximate surface area is 288 Å². The van der Waals surface area contributed by atoms with Crippen LogP contribution in [0.3, 0.4) is 0 Å². The zero-order valence-electron chi connectivity index (χ0n) is 25.3. The van der Waals surface area contributed by atoms with E-state index >= 15 is 8.78 Å². The standard InChI is InChI=1S/C33H23Cl2F5N2O8/c34-32-10-17-15(4-5-16-20(17)29(47)41(28(16)46)7-1-2-19(44)45)21(13-8-12-9-14(43)3-6-18(12)50-11-13)33(32,35)31(49)42(30(32)48)27-25(39)23(37)22(36)24(38)26(27)40/h3-4,6,9,11,16-17,20-21,43H,1-2,5,7-8,10H2,(H,44,45). The number of hydrogen-bond donors (Lipinski definition) is 2. The Bertz CT molecular complexity index is 2000. The molecule has 50 heavy (non-hydrogen) atoms. The van der Waals surface area contributed by atoms with Crippen LogP contribution in [0.4, 0.5) is 27.6 Å². The third-order valence-corrected chi connectivity index (χ3v) is 11.6. The van der Waals surface area contributed by atoms with Gasteiger partial charge in [0.1, 0.15) is 17.2 Å². The minimum atomic E-state index is -2.71. The van der Waals surface area contributed by atoms with Gasteiger partial charge in [0.05, 0.1) is 18.1 Å². The number of phenols is 1. The SMILES string of the molecule is O=C(O)CCCN1C(=O)C2CC=C3C(CC4(Cl)C(=O)N(c5c(F)c(F)c(F)c(F)c5F)C(=O)C4(Cl)C3C3=COc4ccc(O)cc4C3)C2C1=O. The van der Waals surface area contributed by atoms with Crippen molar-refractivity contribution in [3.8, 4) is 11.5 Å². The topological polar surface area (TPSA) is 142 Å². The maximum atomic E-state index is 15.2. The first-order valence-electron chi connectivity index (χ1n) is 15.3. The minimum Gasteiger partial charge on any atom is -0.508 e. The molecule has 10 nitrogen and oxygen atoms in total. The van der Waals surface area contributed by atoms with E-state index in [0.29, 0.717) is 11.3 Å². The third kappa shape index (κ3) is 4.48. The van der Waals surface area contributed by atoms with Crippen LogP contribution in [0.2, 0.25) is 0 Å². The second-order valence-corrected chi connectivity index (χ2v) is 14.0. The smallest absolute Gasteiger partial charge is 0.303 e. The molecule has 0 spiro atoms. The number of rotatable bonds is 6. The number of fused-ring (bicyclic) bond motifs is 5. The molecule has 17 heteroatoms. The van der Waals surface area contributed by atoms with E-state index in [1.165, 1.54) is 24.5 Å². The number of phenolic OH excluding ortho intramolecular Hbond substituents is 1. The van der Waals surface area contributed by atoms with Crippen LogP contribution in [0.1, 0.15) is 31.2 Å². The van der Waals surface area contributed by atoms with Gasteiger partial charge in [-0.2, -0.15) is 0 Å². The molecule has 3 fully saturated rings. The van der Waals surface area contributed by atoms with Crippen LogP contribution in [-0.4, -0.2) is 61.0 Å². The molecule has 3 aliphatic heterocycles. The molecule has 4 amide bonds. The van der Waals surface area contributed by atoms with Gasteiger partial charge in [0.2, 0.25) is 17.6 Å². The fourth-order valence-electron chi connectivity index (χ4n) is 8.05. The number of imide groups is 2. The predicted octanol–water partition coefficient (Wildman–Crippen LogP) is 4.87. The molecule has 5 aliphatic rings. The number of aromatic hydroxyl groups is 1. The molecule has 0 bridgehead atoms. The summed E-state index contributed by atoms with van der Waals surface area (Å²) in [5.74, 6) is -22.8. The zero-order valence-corrected chi connectivity index (χ0v) is 26.8. The van der Waals surface area contributed by atoms with Gasteiger partial charge >= 0.3 is 5.97 Å². The molecule has 3 heterocycles. The predicted molar refractivity (Wildman–Crippen MR) is 161 cm³/mol. The summed E-state index contributed by atoms with van der Waals surface area (Å²) in [5.41, 5.74) is -1.12. The molecule has 2 saturated heterocycles. The molecule has 6 atom stereocenters. The molecule has 2 N–H and O–H groups in total. The Balaban J connectivity index is 1.39. The molecule has 2 aromatic carbocycles. The highest BCUT2D eigenvalue weighted by molar-refractivity contribution is 6.58. The highest BCUT2D eigenvalue weighted by atomic mass is 35.5. The van der Waals surface area contributed by atoms with E-state index in [9.17, 15) is 42.3 Å². The van der Waals surface area contributed by atoms with E-state index in [1.54, 1.807) is 6.08 Å². The summed E-state index contributed by atoms with van der Waals surface area (Å²) in [6.45, 7) is -0.224. The Kier molecular flexibility index (Phi) is 7.83. The largest absolute Gasteiger partial charge is 0.508 e. The summed E-state index contributed by atoms with van der Waals surface area (Å²) in [6, 6.07) is 4.14. The number of allylic oxidation sites excluding steroid dienone is 3. The monoisotopic (exact) mass is 740 g/mol. The Morgan fingerprint density at radius 3 is 2.26 bits per heavy atom. The summed E-state index contributed by atoms with van der Waals surface area (Å²) in [6.07, 6.45) is 1.50. The first-order valence-corrected chi connectivity index (χ1v) is 16.0. The molecule has 6 unspecified atom stereocenters. The molecule has 0 aromatic heterocycles. The van der Waals surface area contributed by atoms with Crippen molar-refractivity contribution in [1.29, 1.82) is 0 Å². The first kappa shape index (κ1) is 34.0. The van der Waals surface area contributed by atoms with Gasteiger partial charge in [0.25, 0.3) is 11.8 Å². The molecular formula is C33H23Cl2F5N2O8. The van der Waals surface area contributed by atoms with Crippen LogP contribution in [0.15, 0.2) is 41.7 Å². The average Bonchev–Trinajstić information content (AvgIpc) is 3.40. The summed E-state index contributed by atoms with van der Waals surface area (Å²) in [7, 11) is 0. The quantitative estimate of drug-likeness (QED) is 0.107. The number of aliphatic carboxylic acids is 1. The first-order chi connectivity index (χ1) is 23.5. The zero-order chi connectivity index (χ0) is 36.2. The number of nitrogens with zero attached hydrogens (tertiary/aromatic N) is 2. The van der Waals surface area contributed by atoms with E-state index in [4.69, 9.17) is 33.0 Å². The van der Waals surface area contributed by atoms with Crippen molar-refractivity contribution in [1.82, 2.24) is 4.90 Å². The molecule has 2 aromatic rings. The number of likely N-dealkylation sites (tertiary alicyclic amines) is 1. The van der Waals surface area contributed by atoms with Crippen molar-refractivity contribution < 1.29 is 60.9 Å². The average molecular weight is 741 g/mol. The van der Waals surface area contributed by atoms with Gasteiger partial charge in [0, 0.05) is 30.9 Å². The Hall–Kier alpha value is -4.50. The van der Waals surface area contributed by atoms with Crippen LogP contribution in [0.5, 0.6) is 11.5 Å². The van der Waals surface area contributed by atoms with Crippen LogP contribution < -0.4 is 9.64 Å². The lowest BCUT2D eigenvalue weighted by Gasteiger charge is -2.51. The number of benzene rings is 2. The number of carbonyl (C=O) groups excluding carboxylic acids is 4. The van der Waals surface area contributed by atoms with E-state index < -0.39 is 104 Å². The van der Waals surface area contributed by atoms with Crippen molar-refractivity contribution >= 4 is 58.5 Å². The maximum Gasteiger partial charge on any atom is 0.303 e. The maximum absolute atomic E-state index is 15.2. The molecule has 262 valence electrons. The van der Waals surface area contributed by atoms with Crippen LogP contribution in [0.25, 0.3) is 0 Å². The molecule has 7 rings (SSSR count). The van der Waals surface area contributed by atoms with Gasteiger partial charge < -0.3 is 14.9 Å². The second-order valence-electron chi connectivity index (χ2n) is 12.8. The van der Waals surface area contributed by atoms with E-state index in [2.05, 4.69) is 0 Å². The second kappa shape index (κ2) is 11.5. The number of amides is 4. The van der Waals surface area contributed by atoms with Crippen molar-refractivity contribution in [3.05, 3.63) is 76.3 Å². The van der Waals surface area contributed by atoms with E-state index in [0.717, 1.165) is 4.90 Å². The number of ether oxygens (including phenoxy) is 1. The van der Waals surface area contributed by atoms with Crippen molar-refractivity contribution in [2.45, 2.75) is 41.9 Å². The van der Waals surface area contributed by atoms with Crippen molar-refractivity contribution in [3.63, 3.8) is 0 Å². The van der Waals surface area contributed by atoms with Crippen LogP contribution in [-0.2, 0) is 30.4 Å². The van der Waals surface area contributed by atoms with Crippen molar-refractivity contribution in [2.75, 3.05) is 11.4 Å². The number of hydrogen-bond acceptors (Lipinski definition) is 7. The van der Waals surface area contributed by atoms with Gasteiger partial charge in [-0.05, 0) is 49.0 Å². The number of carbonyl (C=O) groups is 5. The molecule has 0 radical (unpaired) electrons. The van der Waals surface area contributed by atoms with Crippen LogP contribution >= 0.6 is 23.2 Å². The summed E-state index contributed by atoms with van der Waals surface area (Å²) >= 11 is 14.2. The minimum absolute atomic E-state index is 0.0512. The van der Waals surface area contributed by atoms with E-state index in [-0.39, 0.29) is 54.0 Å². The number of halogens is 7. The number of carboxylic acids is 1. The Morgan fingerprint density at radius 1 is 0.940 bits per heavy atom. The fourth-order valence-corrected chi connectivity index (χ4v) is 9.00. The lowest BCUT2D eigenvalue weighted by molar-refractivity contribution is -0.142. The highest BCUT2D eigenvalue weighted by Crippen LogP contribution is 2.65. The van der Waals surface area contributed by atoms with Gasteiger partial charge in [0.15, 0.2) is 33.0 Å². The Morgan fingerprint density at radius 2 is 1.60 bits per heavy atom. The highest BCUT2D eigenvalue weighted by Gasteiger charge is 2.77. The number of alkyl halides is 2. The van der Waals surface area contributed by atoms with Crippen LogP contribution in [0, 0.1) is 52.8 Å². The van der Waals surface area contributed by atoms with Gasteiger partial charge in [-0.15, -0.1) is 23.2 Å². The summed E-state index contributed by atoms with van der Waals surface area (Å²) in [5, 5.41) is 19.2. The third-order valence-electron chi connectivity index (χ3n) is 10.2. The molecular weight excluding hydrogens is 718 g/mol. The number of carboxylic acid groups (broad SMARTS) is 1. The van der Waals surface area contributed by atoms with Gasteiger partial charge in [-0.1, -0.05) is 11.6 Å². The van der Waals surface area contributed by atoms with E-state index in [1.807, 2.05) is 0 Å². The lowest BCUT2D eigenvalue weighted by Crippen LogP contribution is -2.61. The van der Waals surface area contributed by atoms with Gasteiger partial charge in [-0.25, -0.2) is 26.9 Å². The summed E-state index contributed by atoms with van der Waals surface area (Å²) in [4.78, 5) is 62.3. The summed E-state index contributed by atoms with van der Waals surface area (Å²) < 4.78 is 79.0. The van der Waals surface area contributed by atoms with Crippen molar-refractivity contribution in [2.24, 2.45) is 23.7 Å². The molecule has 1 saturated carbocycles. The normalized spacial score (nSPS) is 30.0. The van der Waals surface area contributed by atoms with Gasteiger partial charge in [-0.3, -0.25) is 28.9 Å².